The zero-order valence-electron chi connectivity index (χ0n) is 38.5. The Bertz CT molecular complexity index is 2210. The van der Waals surface area contributed by atoms with E-state index in [1.54, 1.807) is 41.3 Å². The lowest BCUT2D eigenvalue weighted by atomic mass is 9.96. The molecule has 13 heteroatoms. The van der Waals surface area contributed by atoms with E-state index in [2.05, 4.69) is 15.9 Å². The molecule has 0 saturated carbocycles. The van der Waals surface area contributed by atoms with Gasteiger partial charge in [-0.2, -0.15) is 8.78 Å². The van der Waals surface area contributed by atoms with Crippen LogP contribution in [0.25, 0.3) is 0 Å². The van der Waals surface area contributed by atoms with E-state index in [0.29, 0.717) is 52.1 Å². The summed E-state index contributed by atoms with van der Waals surface area (Å²) in [6.07, 6.45) is 4.37. The van der Waals surface area contributed by atoms with Crippen molar-refractivity contribution in [3.63, 3.8) is 0 Å². The largest absolute Gasteiger partial charge is 0.445 e. The molecule has 5 aromatic rings. The third kappa shape index (κ3) is 16.6. The van der Waals surface area contributed by atoms with Crippen molar-refractivity contribution >= 4 is 45.2 Å². The second-order valence-electron chi connectivity index (χ2n) is 16.9. The van der Waals surface area contributed by atoms with Gasteiger partial charge in [-0.3, -0.25) is 14.5 Å². The Hall–Kier alpha value is -5.53. The highest BCUT2D eigenvalue weighted by Gasteiger charge is 2.36. The highest BCUT2D eigenvalue weighted by molar-refractivity contribution is 9.09. The quantitative estimate of drug-likeness (QED) is 0.0772. The van der Waals surface area contributed by atoms with Crippen LogP contribution in [-0.2, 0) is 32.8 Å². The number of alkyl halides is 5. The normalized spacial score (nSPS) is 16.3. The molecule has 67 heavy (non-hydrogen) atoms. The summed E-state index contributed by atoms with van der Waals surface area (Å²) in [7, 11) is 0. The molecule has 0 bridgehead atoms. The standard InChI is InChI=1S/C23H28F2N2O.C23H28N2O3.C8H7BrF2/c1-2-22(28)27(21-13-7-4-8-14-21)17-19-10-9-15-26(16-19)18-23(24,25)20-11-5-3-6-12-20;1-2-22(26)25(21-13-7-4-8-14-21)17-20-12-9-15-24(16-20)23(27)28-18-19-10-5-3-6-11-19;9-6-8(10,11)7-4-2-1-3-5-7/h3-8,11-14,19H,2,9-10,15-18H2,1H3;3-8,10-11,13-14,20H,2,9,12,15-18H2,1H3;1-5H,6H2/t19-;20-;/m11./s1. The van der Waals surface area contributed by atoms with E-state index in [1.165, 1.54) is 24.3 Å². The lowest BCUT2D eigenvalue weighted by Crippen LogP contribution is -2.46. The summed E-state index contributed by atoms with van der Waals surface area (Å²) in [4.78, 5) is 44.7. The summed E-state index contributed by atoms with van der Waals surface area (Å²) < 4.78 is 60.5. The molecule has 0 unspecified atom stereocenters. The molecule has 0 aliphatic carbocycles. The zero-order valence-corrected chi connectivity index (χ0v) is 40.1. The van der Waals surface area contributed by atoms with Crippen molar-refractivity contribution < 1.29 is 36.7 Å². The van der Waals surface area contributed by atoms with E-state index in [9.17, 15) is 31.9 Å². The van der Waals surface area contributed by atoms with Crippen molar-refractivity contribution in [1.29, 1.82) is 0 Å². The molecule has 2 aliphatic heterocycles. The van der Waals surface area contributed by atoms with Crippen molar-refractivity contribution in [2.75, 3.05) is 60.9 Å². The van der Waals surface area contributed by atoms with Crippen molar-refractivity contribution in [2.24, 2.45) is 11.8 Å². The molecular weight excluding hydrogens is 925 g/mol. The molecule has 2 fully saturated rings. The van der Waals surface area contributed by atoms with Crippen LogP contribution in [0, 0.1) is 11.8 Å². The van der Waals surface area contributed by atoms with Crippen LogP contribution in [0.3, 0.4) is 0 Å². The lowest BCUT2D eigenvalue weighted by Gasteiger charge is -2.37. The third-order valence-electron chi connectivity index (χ3n) is 11.8. The van der Waals surface area contributed by atoms with E-state index in [-0.39, 0.29) is 59.4 Å². The average Bonchev–Trinajstić information content (AvgIpc) is 3.38. The summed E-state index contributed by atoms with van der Waals surface area (Å²) in [6, 6.07) is 44.8. The number of ether oxygens (including phenoxy) is 1. The topological polar surface area (TPSA) is 73.4 Å². The number of anilines is 2. The Morgan fingerprint density at radius 2 is 1.01 bits per heavy atom. The third-order valence-corrected chi connectivity index (χ3v) is 12.5. The van der Waals surface area contributed by atoms with Crippen molar-refractivity contribution in [1.82, 2.24) is 9.80 Å². The van der Waals surface area contributed by atoms with E-state index >= 15 is 0 Å². The summed E-state index contributed by atoms with van der Waals surface area (Å²) in [6.45, 7) is 7.52. The molecule has 2 atom stereocenters. The van der Waals surface area contributed by atoms with Gasteiger partial charge in [-0.25, -0.2) is 13.6 Å². The maximum absolute atomic E-state index is 14.7. The molecule has 2 aliphatic rings. The Labute approximate surface area is 402 Å². The molecule has 3 amide bonds. The molecule has 0 radical (unpaired) electrons. The number of carbonyl (C=O) groups is 3. The van der Waals surface area contributed by atoms with Gasteiger partial charge in [-0.1, -0.05) is 157 Å². The number of hydrogen-bond donors (Lipinski definition) is 0. The molecule has 2 heterocycles. The van der Waals surface area contributed by atoms with Crippen molar-refractivity contribution in [3.05, 3.63) is 168 Å². The first kappa shape index (κ1) is 52.4. The number of benzene rings is 5. The molecule has 0 spiro atoms. The van der Waals surface area contributed by atoms with Gasteiger partial charge in [0.15, 0.2) is 0 Å². The van der Waals surface area contributed by atoms with Crippen molar-refractivity contribution in [3.8, 4) is 0 Å². The maximum atomic E-state index is 14.7. The van der Waals surface area contributed by atoms with Gasteiger partial charge in [0.2, 0.25) is 11.8 Å². The van der Waals surface area contributed by atoms with E-state index in [0.717, 1.165) is 42.6 Å². The van der Waals surface area contributed by atoms with Gasteiger partial charge >= 0.3 is 6.09 Å². The fraction of sp³-hybridized carbons (Fsp3) is 0.389. The fourth-order valence-electron chi connectivity index (χ4n) is 8.26. The number of hydrogen-bond acceptors (Lipinski definition) is 5. The molecule has 0 aromatic heterocycles. The van der Waals surface area contributed by atoms with Gasteiger partial charge in [0.05, 0.1) is 11.9 Å². The number of amides is 3. The Morgan fingerprint density at radius 1 is 0.597 bits per heavy atom. The fourth-order valence-corrected chi connectivity index (χ4v) is 8.59. The van der Waals surface area contributed by atoms with Gasteiger partial charge < -0.3 is 19.4 Å². The highest BCUT2D eigenvalue weighted by atomic mass is 79.9. The van der Waals surface area contributed by atoms with Crippen LogP contribution in [0.4, 0.5) is 33.7 Å². The van der Waals surface area contributed by atoms with Crippen LogP contribution < -0.4 is 9.80 Å². The Morgan fingerprint density at radius 3 is 1.48 bits per heavy atom. The number of nitrogens with zero attached hydrogens (tertiary/aromatic N) is 4. The Kier molecular flexibility index (Phi) is 20.9. The molecule has 0 N–H and O–H groups in total. The number of para-hydroxylation sites is 2. The molecule has 8 nitrogen and oxygen atoms in total. The number of likely N-dealkylation sites (tertiary alicyclic amines) is 2. The SMILES string of the molecule is CCC(=O)N(C[C@@H]1CCCN(C(=O)OCc2ccccc2)C1)c1ccccc1.CCC(=O)N(C[C@@H]1CCCN(CC(F)(F)c2ccccc2)C1)c1ccccc1.FC(F)(CBr)c1ccccc1. The number of carbonyl (C=O) groups excluding carboxylic acids is 3. The summed E-state index contributed by atoms with van der Waals surface area (Å²) in [5.41, 5.74) is 2.88. The highest BCUT2D eigenvalue weighted by Crippen LogP contribution is 2.32. The van der Waals surface area contributed by atoms with E-state index in [4.69, 9.17) is 4.74 Å². The first-order chi connectivity index (χ1) is 32.3. The minimum atomic E-state index is -2.87. The summed E-state index contributed by atoms with van der Waals surface area (Å²) in [5, 5.41) is -0.329. The number of halogens is 5. The smallest absolute Gasteiger partial charge is 0.410 e. The summed E-state index contributed by atoms with van der Waals surface area (Å²) in [5.74, 6) is -5.01. The molecule has 7 rings (SSSR count). The van der Waals surface area contributed by atoms with Gasteiger partial charge in [0, 0.05) is 68.1 Å². The minimum absolute atomic E-state index is 0.0527. The second-order valence-corrected chi connectivity index (χ2v) is 17.5. The average molecular weight is 988 g/mol. The summed E-state index contributed by atoms with van der Waals surface area (Å²) >= 11 is 2.76. The second kappa shape index (κ2) is 26.7. The minimum Gasteiger partial charge on any atom is -0.445 e. The Balaban J connectivity index is 0.000000205. The van der Waals surface area contributed by atoms with Gasteiger partial charge in [0.25, 0.3) is 11.8 Å². The predicted molar refractivity (Wildman–Crippen MR) is 263 cm³/mol. The van der Waals surface area contributed by atoms with Crippen molar-refractivity contribution in [2.45, 2.75) is 70.8 Å². The molecule has 2 saturated heterocycles. The lowest BCUT2D eigenvalue weighted by molar-refractivity contribution is -0.119. The van der Waals surface area contributed by atoms with Crippen LogP contribution in [0.1, 0.15) is 69.1 Å². The molecule has 5 aromatic carbocycles. The predicted octanol–water partition coefficient (Wildman–Crippen LogP) is 12.6. The first-order valence-electron chi connectivity index (χ1n) is 23.1. The first-order valence-corrected chi connectivity index (χ1v) is 24.3. The monoisotopic (exact) mass is 986 g/mol. The zero-order chi connectivity index (χ0) is 48.1. The van der Waals surface area contributed by atoms with Crippen LogP contribution >= 0.6 is 15.9 Å². The van der Waals surface area contributed by atoms with Crippen LogP contribution in [-0.4, -0.2) is 78.9 Å². The van der Waals surface area contributed by atoms with Gasteiger partial charge in [-0.15, -0.1) is 0 Å². The van der Waals surface area contributed by atoms with Gasteiger partial charge in [0.1, 0.15) is 6.61 Å². The number of piperidine rings is 2. The van der Waals surface area contributed by atoms with E-state index < -0.39 is 11.8 Å². The molecule has 358 valence electrons. The van der Waals surface area contributed by atoms with E-state index in [1.807, 2.05) is 120 Å². The molecular formula is C54H63BrF4N4O4. The van der Waals surface area contributed by atoms with Crippen LogP contribution in [0.5, 0.6) is 0 Å². The van der Waals surface area contributed by atoms with Crippen LogP contribution in [0.15, 0.2) is 152 Å². The maximum Gasteiger partial charge on any atom is 0.410 e. The number of rotatable bonds is 15. The van der Waals surface area contributed by atoms with Gasteiger partial charge in [-0.05, 0) is 73.9 Å². The van der Waals surface area contributed by atoms with Crippen LogP contribution in [0.2, 0.25) is 0 Å².